The number of unbranched alkanes of at least 4 members (excludes halogenated alkanes) is 1. The van der Waals surface area contributed by atoms with Crippen molar-refractivity contribution >= 4 is 6.08 Å². The summed E-state index contributed by atoms with van der Waals surface area (Å²) >= 11 is 0. The summed E-state index contributed by atoms with van der Waals surface area (Å²) in [7, 11) is 1.70. The average molecular weight is 321 g/mol. The van der Waals surface area contributed by atoms with Crippen LogP contribution in [0.1, 0.15) is 77.8 Å². The van der Waals surface area contributed by atoms with Gasteiger partial charge in [0.05, 0.1) is 13.2 Å². The molecule has 0 saturated heterocycles. The van der Waals surface area contributed by atoms with Gasteiger partial charge in [-0.15, -0.1) is 0 Å². The van der Waals surface area contributed by atoms with Crippen molar-refractivity contribution in [3.05, 3.63) is 35.4 Å². The molecular weight excluding hydrogens is 284 g/mol. The number of ether oxygens (including phenoxy) is 1. The molecule has 0 radical (unpaired) electrons. The van der Waals surface area contributed by atoms with E-state index in [1.165, 1.54) is 5.56 Å². The minimum atomic E-state index is -0.202. The van der Waals surface area contributed by atoms with Gasteiger partial charge < -0.3 is 9.84 Å². The van der Waals surface area contributed by atoms with Gasteiger partial charge in [-0.05, 0) is 55.7 Å². The van der Waals surface area contributed by atoms with Crippen LogP contribution in [0.5, 0.6) is 5.75 Å². The third-order valence-corrected chi connectivity index (χ3v) is 3.21. The van der Waals surface area contributed by atoms with Crippen molar-refractivity contribution in [2.45, 2.75) is 72.8 Å². The van der Waals surface area contributed by atoms with Crippen molar-refractivity contribution in [3.8, 4) is 5.75 Å². The van der Waals surface area contributed by atoms with Gasteiger partial charge in [-0.25, -0.2) is 0 Å². The summed E-state index contributed by atoms with van der Waals surface area (Å²) in [6.45, 7) is 12.7. The lowest BCUT2D eigenvalue weighted by Gasteiger charge is -2.10. The van der Waals surface area contributed by atoms with Gasteiger partial charge in [-0.3, -0.25) is 0 Å². The Morgan fingerprint density at radius 2 is 1.70 bits per heavy atom. The Morgan fingerprint density at radius 3 is 2.17 bits per heavy atom. The highest BCUT2D eigenvalue weighted by Crippen LogP contribution is 2.25. The Labute approximate surface area is 143 Å². The van der Waals surface area contributed by atoms with Gasteiger partial charge in [-0.2, -0.15) is 0 Å². The monoisotopic (exact) mass is 320 g/mol. The van der Waals surface area contributed by atoms with Crippen molar-refractivity contribution in [3.63, 3.8) is 0 Å². The fourth-order valence-corrected chi connectivity index (χ4v) is 1.98. The maximum absolute atomic E-state index is 9.20. The minimum absolute atomic E-state index is 0.202. The minimum Gasteiger partial charge on any atom is -0.496 e. The lowest BCUT2D eigenvalue weighted by Crippen LogP contribution is -1.97. The third-order valence-electron chi connectivity index (χ3n) is 3.21. The van der Waals surface area contributed by atoms with Gasteiger partial charge >= 0.3 is 0 Å². The van der Waals surface area contributed by atoms with Crippen molar-refractivity contribution < 1.29 is 9.84 Å². The fourth-order valence-electron chi connectivity index (χ4n) is 1.98. The van der Waals surface area contributed by atoms with E-state index >= 15 is 0 Å². The zero-order chi connectivity index (χ0) is 17.8. The summed E-state index contributed by atoms with van der Waals surface area (Å²) in [5.74, 6) is 2.27. The Kier molecular flexibility index (Phi) is 11.5. The van der Waals surface area contributed by atoms with Crippen LogP contribution in [0.2, 0.25) is 0 Å². The molecule has 0 saturated carbocycles. The highest BCUT2D eigenvalue weighted by atomic mass is 16.5. The number of benzene rings is 1. The number of rotatable bonds is 7. The lowest BCUT2D eigenvalue weighted by molar-refractivity contribution is 0.182. The summed E-state index contributed by atoms with van der Waals surface area (Å²) < 4.78 is 5.38. The van der Waals surface area contributed by atoms with Crippen LogP contribution in [0.25, 0.3) is 6.08 Å². The van der Waals surface area contributed by atoms with Crippen molar-refractivity contribution in [2.75, 3.05) is 7.11 Å². The molecule has 0 spiro atoms. The second-order valence-corrected chi connectivity index (χ2v) is 7.07. The van der Waals surface area contributed by atoms with E-state index < -0.39 is 0 Å². The second kappa shape index (κ2) is 12.2. The maximum Gasteiger partial charge on any atom is 0.126 e. The number of aliphatic hydroxyl groups is 1. The first-order valence-electron chi connectivity index (χ1n) is 8.80. The molecule has 0 heterocycles. The number of hydrogen-bond donors (Lipinski definition) is 1. The summed E-state index contributed by atoms with van der Waals surface area (Å²) in [6.07, 6.45) is 6.93. The molecule has 1 aromatic carbocycles. The number of aliphatic hydroxyl groups excluding tert-OH is 1. The van der Waals surface area contributed by atoms with Gasteiger partial charge in [0, 0.05) is 5.56 Å². The van der Waals surface area contributed by atoms with Crippen LogP contribution in [-0.4, -0.2) is 18.3 Å². The molecule has 0 aliphatic carbocycles. The molecule has 23 heavy (non-hydrogen) atoms. The van der Waals surface area contributed by atoms with Crippen LogP contribution < -0.4 is 4.74 Å². The molecule has 1 rings (SSSR count). The zero-order valence-electron chi connectivity index (χ0n) is 16.1. The summed E-state index contributed by atoms with van der Waals surface area (Å²) in [6, 6.07) is 6.34. The fraction of sp³-hybridized carbons (Fsp3) is 0.619. The van der Waals surface area contributed by atoms with Crippen LogP contribution in [0.3, 0.4) is 0 Å². The van der Waals surface area contributed by atoms with Gasteiger partial charge in [-0.1, -0.05) is 52.8 Å². The zero-order valence-corrected chi connectivity index (χ0v) is 16.1. The van der Waals surface area contributed by atoms with Gasteiger partial charge in [0.1, 0.15) is 5.75 Å². The SMILES string of the molecule is CC(C)C.COc1ccc(C(C)C)cc1/C=C/CCC[C@@H](C)O. The predicted octanol–water partition coefficient (Wildman–Crippen LogP) is 6.05. The van der Waals surface area contributed by atoms with Gasteiger partial charge in [0.15, 0.2) is 0 Å². The normalized spacial score (nSPS) is 12.4. The average Bonchev–Trinajstić information content (AvgIpc) is 2.45. The quantitative estimate of drug-likeness (QED) is 0.620. The first kappa shape index (κ1) is 21.7. The molecule has 1 atom stereocenters. The van der Waals surface area contributed by atoms with Crippen LogP contribution in [-0.2, 0) is 0 Å². The third kappa shape index (κ3) is 11.0. The van der Waals surface area contributed by atoms with Gasteiger partial charge in [0.2, 0.25) is 0 Å². The second-order valence-electron chi connectivity index (χ2n) is 7.07. The van der Waals surface area contributed by atoms with E-state index in [1.54, 1.807) is 7.11 Å². The Bertz CT molecular complexity index is 442. The predicted molar refractivity (Wildman–Crippen MR) is 102 cm³/mol. The highest BCUT2D eigenvalue weighted by Gasteiger charge is 2.04. The molecule has 2 heteroatoms. The largest absolute Gasteiger partial charge is 0.496 e. The van der Waals surface area contributed by atoms with Crippen LogP contribution in [0, 0.1) is 5.92 Å². The molecule has 0 unspecified atom stereocenters. The molecular formula is C21H36O2. The summed E-state index contributed by atoms with van der Waals surface area (Å²) in [5.41, 5.74) is 2.45. The molecule has 132 valence electrons. The topological polar surface area (TPSA) is 29.5 Å². The van der Waals surface area contributed by atoms with E-state index in [2.05, 4.69) is 58.9 Å². The van der Waals surface area contributed by atoms with Crippen LogP contribution in [0.15, 0.2) is 24.3 Å². The maximum atomic E-state index is 9.20. The molecule has 1 aromatic rings. The molecule has 0 bridgehead atoms. The molecule has 0 aliphatic rings. The standard InChI is InChI=1S/C17H26O2.C4H10/c1-13(2)15-10-11-17(19-4)16(12-15)9-7-5-6-8-14(3)18;1-4(2)3/h7,9-14,18H,5-6,8H2,1-4H3;4H,1-3H3/b9-7+;/t14-;/m1./s1. The van der Waals surface area contributed by atoms with Gasteiger partial charge in [0.25, 0.3) is 0 Å². The van der Waals surface area contributed by atoms with E-state index in [4.69, 9.17) is 4.74 Å². The molecule has 1 N–H and O–H groups in total. The Morgan fingerprint density at radius 1 is 1.09 bits per heavy atom. The Hall–Kier alpha value is -1.28. The van der Waals surface area contributed by atoms with E-state index in [0.717, 1.165) is 36.5 Å². The number of allylic oxidation sites excluding steroid dienone is 1. The molecule has 0 fully saturated rings. The Balaban J connectivity index is 0.00000108. The lowest BCUT2D eigenvalue weighted by atomic mass is 10.00. The number of hydrogen-bond acceptors (Lipinski definition) is 2. The van der Waals surface area contributed by atoms with Crippen molar-refractivity contribution in [1.29, 1.82) is 0 Å². The smallest absolute Gasteiger partial charge is 0.126 e. The van der Waals surface area contributed by atoms with E-state index in [0.29, 0.717) is 5.92 Å². The molecule has 2 nitrogen and oxygen atoms in total. The summed E-state index contributed by atoms with van der Waals surface area (Å²) in [5, 5.41) is 9.20. The molecule has 0 aromatic heterocycles. The van der Waals surface area contributed by atoms with E-state index in [1.807, 2.05) is 13.0 Å². The summed E-state index contributed by atoms with van der Waals surface area (Å²) in [4.78, 5) is 0. The van der Waals surface area contributed by atoms with E-state index in [-0.39, 0.29) is 6.10 Å². The number of methoxy groups -OCH3 is 1. The first-order valence-corrected chi connectivity index (χ1v) is 8.80. The molecule has 0 aliphatic heterocycles. The van der Waals surface area contributed by atoms with Crippen molar-refractivity contribution in [2.24, 2.45) is 5.92 Å². The van der Waals surface area contributed by atoms with Crippen molar-refractivity contribution in [1.82, 2.24) is 0 Å². The molecule has 0 amide bonds. The van der Waals surface area contributed by atoms with Crippen LogP contribution >= 0.6 is 0 Å². The highest BCUT2D eigenvalue weighted by molar-refractivity contribution is 5.58. The first-order chi connectivity index (χ1) is 10.8. The van der Waals surface area contributed by atoms with E-state index in [9.17, 15) is 5.11 Å². The van der Waals surface area contributed by atoms with Crippen LogP contribution in [0.4, 0.5) is 0 Å².